The van der Waals surface area contributed by atoms with Crippen molar-refractivity contribution >= 4 is 35.1 Å². The van der Waals surface area contributed by atoms with E-state index in [2.05, 4.69) is 21.2 Å². The predicted molar refractivity (Wildman–Crippen MR) is 77.8 cm³/mol. The fraction of sp³-hybridized carbons (Fsp3) is 0.250. The zero-order valence-electron chi connectivity index (χ0n) is 10.4. The van der Waals surface area contributed by atoms with Crippen molar-refractivity contribution in [3.05, 3.63) is 29.8 Å². The summed E-state index contributed by atoms with van der Waals surface area (Å²) >= 11 is 4.95. The highest BCUT2D eigenvalue weighted by Gasteiger charge is 1.94. The van der Waals surface area contributed by atoms with Crippen molar-refractivity contribution in [3.8, 4) is 0 Å². The smallest absolute Gasteiger partial charge is 0.221 e. The summed E-state index contributed by atoms with van der Waals surface area (Å²) in [7, 11) is 0. The summed E-state index contributed by atoms with van der Waals surface area (Å²) in [5.74, 6) is -0.0888. The Bertz CT molecular complexity index is 442. The van der Waals surface area contributed by atoms with Gasteiger partial charge in [-0.25, -0.2) is 0 Å². The number of amides is 1. The zero-order chi connectivity index (χ0) is 13.4. The Morgan fingerprint density at radius 2 is 2.06 bits per heavy atom. The first kappa shape index (κ1) is 14.1. The molecule has 0 fully saturated rings. The molecule has 0 saturated heterocycles. The van der Waals surface area contributed by atoms with Crippen molar-refractivity contribution in [2.24, 2.45) is 5.10 Å². The molecule has 5 nitrogen and oxygen atoms in total. The zero-order valence-corrected chi connectivity index (χ0v) is 11.2. The predicted octanol–water partition coefficient (Wildman–Crippen LogP) is 1.46. The molecule has 0 radical (unpaired) electrons. The summed E-state index contributed by atoms with van der Waals surface area (Å²) in [4.78, 5) is 10.8. The van der Waals surface area contributed by atoms with Crippen LogP contribution < -0.4 is 16.1 Å². The molecule has 0 aromatic heterocycles. The van der Waals surface area contributed by atoms with E-state index in [4.69, 9.17) is 12.2 Å². The first-order valence-corrected chi connectivity index (χ1v) is 5.97. The summed E-state index contributed by atoms with van der Waals surface area (Å²) < 4.78 is 0. The molecule has 0 unspecified atom stereocenters. The second-order valence-corrected chi connectivity index (χ2v) is 3.94. The summed E-state index contributed by atoms with van der Waals surface area (Å²) in [6, 6.07) is 7.33. The van der Waals surface area contributed by atoms with Crippen molar-refractivity contribution in [1.82, 2.24) is 10.7 Å². The maximum Gasteiger partial charge on any atom is 0.221 e. The minimum Gasteiger partial charge on any atom is -0.362 e. The van der Waals surface area contributed by atoms with E-state index in [1.54, 1.807) is 6.21 Å². The molecule has 96 valence electrons. The largest absolute Gasteiger partial charge is 0.362 e. The van der Waals surface area contributed by atoms with Crippen molar-refractivity contribution < 1.29 is 4.79 Å². The van der Waals surface area contributed by atoms with Gasteiger partial charge in [-0.15, -0.1) is 0 Å². The van der Waals surface area contributed by atoms with Crippen LogP contribution in [0.1, 0.15) is 19.4 Å². The molecular formula is C12H16N4OS. The number of benzene rings is 1. The third-order valence-electron chi connectivity index (χ3n) is 1.95. The second kappa shape index (κ2) is 7.39. The molecule has 0 bridgehead atoms. The Labute approximate surface area is 112 Å². The lowest BCUT2D eigenvalue weighted by molar-refractivity contribution is -0.114. The van der Waals surface area contributed by atoms with Gasteiger partial charge in [-0.2, -0.15) is 5.10 Å². The summed E-state index contributed by atoms with van der Waals surface area (Å²) in [6.07, 6.45) is 1.65. The lowest BCUT2D eigenvalue weighted by atomic mass is 10.2. The lowest BCUT2D eigenvalue weighted by Gasteiger charge is -2.03. The fourth-order valence-corrected chi connectivity index (χ4v) is 1.42. The van der Waals surface area contributed by atoms with Crippen LogP contribution >= 0.6 is 12.2 Å². The monoisotopic (exact) mass is 264 g/mol. The van der Waals surface area contributed by atoms with E-state index in [-0.39, 0.29) is 5.91 Å². The molecule has 0 saturated carbocycles. The number of nitrogens with zero attached hydrogens (tertiary/aromatic N) is 1. The van der Waals surface area contributed by atoms with Crippen LogP contribution in [-0.4, -0.2) is 23.8 Å². The number of rotatable bonds is 4. The highest BCUT2D eigenvalue weighted by molar-refractivity contribution is 7.80. The molecule has 1 amide bonds. The molecule has 6 heteroatoms. The Balaban J connectivity index is 2.50. The normalized spacial score (nSPS) is 10.1. The molecular weight excluding hydrogens is 248 g/mol. The van der Waals surface area contributed by atoms with E-state index >= 15 is 0 Å². The molecule has 0 aliphatic heterocycles. The number of nitrogens with one attached hydrogen (secondary N) is 3. The minimum absolute atomic E-state index is 0.0888. The third kappa shape index (κ3) is 5.40. The van der Waals surface area contributed by atoms with Gasteiger partial charge in [-0.05, 0) is 36.8 Å². The number of thiocarbonyl (C=S) groups is 1. The lowest BCUT2D eigenvalue weighted by Crippen LogP contribution is -2.31. The number of hydrogen-bond acceptors (Lipinski definition) is 3. The highest BCUT2D eigenvalue weighted by Crippen LogP contribution is 2.07. The van der Waals surface area contributed by atoms with E-state index in [0.717, 1.165) is 17.8 Å². The van der Waals surface area contributed by atoms with Gasteiger partial charge in [0.2, 0.25) is 5.91 Å². The molecule has 3 N–H and O–H groups in total. The van der Waals surface area contributed by atoms with Crippen molar-refractivity contribution in [2.45, 2.75) is 13.8 Å². The van der Waals surface area contributed by atoms with Gasteiger partial charge in [0, 0.05) is 19.2 Å². The fourth-order valence-electron chi connectivity index (χ4n) is 1.22. The molecule has 18 heavy (non-hydrogen) atoms. The number of hydrazone groups is 1. The first-order chi connectivity index (χ1) is 8.61. The molecule has 0 atom stereocenters. The van der Waals surface area contributed by atoms with Gasteiger partial charge < -0.3 is 10.6 Å². The van der Waals surface area contributed by atoms with Gasteiger partial charge in [-0.3, -0.25) is 10.2 Å². The summed E-state index contributed by atoms with van der Waals surface area (Å²) in [5.41, 5.74) is 4.37. The first-order valence-electron chi connectivity index (χ1n) is 5.56. The van der Waals surface area contributed by atoms with E-state index < -0.39 is 0 Å². The van der Waals surface area contributed by atoms with Gasteiger partial charge in [0.25, 0.3) is 0 Å². The molecule has 0 aliphatic rings. The van der Waals surface area contributed by atoms with Crippen LogP contribution in [0.3, 0.4) is 0 Å². The average Bonchev–Trinajstić information content (AvgIpc) is 2.31. The average molecular weight is 264 g/mol. The van der Waals surface area contributed by atoms with Crippen molar-refractivity contribution in [3.63, 3.8) is 0 Å². The van der Waals surface area contributed by atoms with Crippen LogP contribution in [0.4, 0.5) is 5.69 Å². The van der Waals surface area contributed by atoms with Crippen LogP contribution in [0.5, 0.6) is 0 Å². The summed E-state index contributed by atoms with van der Waals surface area (Å²) in [5, 5.41) is 10.1. The van der Waals surface area contributed by atoms with Gasteiger partial charge in [0.15, 0.2) is 5.11 Å². The van der Waals surface area contributed by atoms with Crippen LogP contribution in [0.15, 0.2) is 29.4 Å². The molecule has 1 rings (SSSR count). The van der Waals surface area contributed by atoms with Gasteiger partial charge in [-0.1, -0.05) is 12.1 Å². The van der Waals surface area contributed by atoms with Crippen molar-refractivity contribution in [2.75, 3.05) is 11.9 Å². The number of anilines is 1. The van der Waals surface area contributed by atoms with E-state index in [1.807, 2.05) is 31.2 Å². The van der Waals surface area contributed by atoms with Gasteiger partial charge >= 0.3 is 0 Å². The van der Waals surface area contributed by atoms with E-state index in [1.165, 1.54) is 6.92 Å². The van der Waals surface area contributed by atoms with Crippen LogP contribution in [0, 0.1) is 0 Å². The SMILES string of the molecule is CCNC(=S)N/N=C\c1ccc(NC(C)=O)cc1. The summed E-state index contributed by atoms with van der Waals surface area (Å²) in [6.45, 7) is 4.19. The third-order valence-corrected chi connectivity index (χ3v) is 2.18. The minimum atomic E-state index is -0.0888. The standard InChI is InChI=1S/C12H16N4OS/c1-3-13-12(18)16-14-8-10-4-6-11(7-5-10)15-9(2)17/h4-8H,3H2,1-2H3,(H,15,17)(H2,13,16,18)/b14-8-. The van der Waals surface area contributed by atoms with Gasteiger partial charge in [0.1, 0.15) is 0 Å². The molecule has 1 aromatic carbocycles. The molecule has 0 aliphatic carbocycles. The maximum atomic E-state index is 10.8. The molecule has 0 heterocycles. The quantitative estimate of drug-likeness (QED) is 0.438. The Morgan fingerprint density at radius 1 is 1.39 bits per heavy atom. The van der Waals surface area contributed by atoms with Crippen LogP contribution in [-0.2, 0) is 4.79 Å². The number of hydrogen-bond donors (Lipinski definition) is 3. The van der Waals surface area contributed by atoms with Crippen molar-refractivity contribution in [1.29, 1.82) is 0 Å². The van der Waals surface area contributed by atoms with Crippen LogP contribution in [0.2, 0.25) is 0 Å². The molecule has 1 aromatic rings. The van der Waals surface area contributed by atoms with Gasteiger partial charge in [0.05, 0.1) is 6.21 Å². The topological polar surface area (TPSA) is 65.5 Å². The number of carbonyl (C=O) groups excluding carboxylic acids is 1. The van der Waals surface area contributed by atoms with Crippen LogP contribution in [0.25, 0.3) is 0 Å². The maximum absolute atomic E-state index is 10.8. The second-order valence-electron chi connectivity index (χ2n) is 3.53. The molecule has 0 spiro atoms. The Kier molecular flexibility index (Phi) is 5.79. The Morgan fingerprint density at radius 3 is 2.61 bits per heavy atom. The van der Waals surface area contributed by atoms with E-state index in [0.29, 0.717) is 5.11 Å². The number of carbonyl (C=O) groups is 1. The van der Waals surface area contributed by atoms with E-state index in [9.17, 15) is 4.79 Å². The highest BCUT2D eigenvalue weighted by atomic mass is 32.1. The Hall–Kier alpha value is -1.95.